The Morgan fingerprint density at radius 3 is 3.22 bits per heavy atom. The summed E-state index contributed by atoms with van der Waals surface area (Å²) in [6.07, 6.45) is 8.47. The Balaban J connectivity index is 1.95. The molecule has 2 heterocycles. The van der Waals surface area contributed by atoms with E-state index in [-0.39, 0.29) is 12.5 Å². The van der Waals surface area contributed by atoms with Gasteiger partial charge in [0.1, 0.15) is 6.54 Å². The van der Waals surface area contributed by atoms with Gasteiger partial charge in [-0.3, -0.25) is 4.79 Å². The molecule has 1 aromatic heterocycles. The molecule has 0 spiro atoms. The van der Waals surface area contributed by atoms with Crippen molar-refractivity contribution in [2.75, 3.05) is 19.7 Å². The van der Waals surface area contributed by atoms with Gasteiger partial charge in [-0.1, -0.05) is 11.6 Å². The fraction of sp³-hybridized carbons (Fsp3) is 0.500. The van der Waals surface area contributed by atoms with Crippen LogP contribution in [0.5, 0.6) is 0 Å². The Bertz CT molecular complexity index is 427. The van der Waals surface area contributed by atoms with Crippen molar-refractivity contribution in [3.63, 3.8) is 0 Å². The molecule has 1 N–H and O–H groups in total. The molecule has 2 rings (SSSR count). The standard InChI is InChI=1S/C14H20N2O2/c1-2-18-14(17)11-16-7-5-13(10-16)8-12-4-3-6-15-9-12/h5,7-8,10,15H,2-4,6,9,11H2,1H3. The van der Waals surface area contributed by atoms with Gasteiger partial charge in [-0.05, 0) is 37.9 Å². The normalized spacial score (nSPS) is 17.9. The summed E-state index contributed by atoms with van der Waals surface area (Å²) in [5.41, 5.74) is 2.58. The van der Waals surface area contributed by atoms with Crippen molar-refractivity contribution in [3.05, 3.63) is 29.6 Å². The number of nitrogens with one attached hydrogen (secondary N) is 1. The van der Waals surface area contributed by atoms with Crippen molar-refractivity contribution in [2.45, 2.75) is 26.3 Å². The second-order valence-corrected chi connectivity index (χ2v) is 4.51. The number of hydrogen-bond acceptors (Lipinski definition) is 3. The van der Waals surface area contributed by atoms with Gasteiger partial charge in [0.2, 0.25) is 0 Å². The molecule has 18 heavy (non-hydrogen) atoms. The molecule has 0 aliphatic carbocycles. The Kier molecular flexibility index (Phi) is 4.59. The Morgan fingerprint density at radius 2 is 2.50 bits per heavy atom. The minimum Gasteiger partial charge on any atom is -0.465 e. The van der Waals surface area contributed by atoms with E-state index in [0.717, 1.165) is 25.1 Å². The first kappa shape index (κ1) is 12.9. The molecule has 0 saturated carbocycles. The first-order chi connectivity index (χ1) is 8.78. The molecular weight excluding hydrogens is 228 g/mol. The van der Waals surface area contributed by atoms with Crippen LogP contribution in [0.4, 0.5) is 0 Å². The molecule has 0 bridgehead atoms. The Hall–Kier alpha value is -1.55. The van der Waals surface area contributed by atoms with E-state index in [1.54, 1.807) is 0 Å². The third-order valence-corrected chi connectivity index (χ3v) is 2.96. The van der Waals surface area contributed by atoms with Crippen LogP contribution in [-0.4, -0.2) is 30.2 Å². The van der Waals surface area contributed by atoms with Crippen LogP contribution in [0.3, 0.4) is 0 Å². The highest BCUT2D eigenvalue weighted by Crippen LogP contribution is 2.14. The maximum Gasteiger partial charge on any atom is 0.325 e. The number of esters is 1. The lowest BCUT2D eigenvalue weighted by Crippen LogP contribution is -2.23. The highest BCUT2D eigenvalue weighted by Gasteiger charge is 2.06. The van der Waals surface area contributed by atoms with E-state index in [9.17, 15) is 4.79 Å². The minimum atomic E-state index is -0.188. The van der Waals surface area contributed by atoms with E-state index in [1.165, 1.54) is 12.0 Å². The van der Waals surface area contributed by atoms with Crippen molar-refractivity contribution < 1.29 is 9.53 Å². The summed E-state index contributed by atoms with van der Waals surface area (Å²) in [6, 6.07) is 2.03. The molecule has 0 aromatic carbocycles. The summed E-state index contributed by atoms with van der Waals surface area (Å²) in [4.78, 5) is 11.3. The van der Waals surface area contributed by atoms with Crippen molar-refractivity contribution >= 4 is 12.0 Å². The average Bonchev–Trinajstić information content (AvgIpc) is 2.78. The number of carbonyl (C=O) groups is 1. The molecule has 1 fully saturated rings. The highest BCUT2D eigenvalue weighted by atomic mass is 16.5. The Labute approximate surface area is 108 Å². The molecule has 1 aliphatic rings. The van der Waals surface area contributed by atoms with Gasteiger partial charge < -0.3 is 14.6 Å². The van der Waals surface area contributed by atoms with Crippen LogP contribution in [0.25, 0.3) is 6.08 Å². The summed E-state index contributed by atoms with van der Waals surface area (Å²) in [6.45, 7) is 4.63. The molecule has 1 saturated heterocycles. The molecule has 0 amide bonds. The smallest absolute Gasteiger partial charge is 0.325 e. The van der Waals surface area contributed by atoms with Crippen LogP contribution >= 0.6 is 0 Å². The zero-order chi connectivity index (χ0) is 12.8. The van der Waals surface area contributed by atoms with Crippen LogP contribution in [0.15, 0.2) is 24.0 Å². The fourth-order valence-corrected chi connectivity index (χ4v) is 2.14. The lowest BCUT2D eigenvalue weighted by atomic mass is 10.0. The molecular formula is C14H20N2O2. The van der Waals surface area contributed by atoms with Crippen LogP contribution < -0.4 is 5.32 Å². The number of hydrogen-bond donors (Lipinski definition) is 1. The molecule has 98 valence electrons. The lowest BCUT2D eigenvalue weighted by molar-refractivity contribution is -0.143. The third-order valence-electron chi connectivity index (χ3n) is 2.96. The van der Waals surface area contributed by atoms with E-state index < -0.39 is 0 Å². The highest BCUT2D eigenvalue weighted by molar-refractivity contribution is 5.69. The van der Waals surface area contributed by atoms with Gasteiger partial charge in [0.25, 0.3) is 0 Å². The number of rotatable bonds is 4. The SMILES string of the molecule is CCOC(=O)Cn1ccc(C=C2CCCNC2)c1. The van der Waals surface area contributed by atoms with E-state index in [2.05, 4.69) is 11.4 Å². The van der Waals surface area contributed by atoms with E-state index >= 15 is 0 Å². The first-order valence-electron chi connectivity index (χ1n) is 6.49. The molecule has 4 heteroatoms. The van der Waals surface area contributed by atoms with Gasteiger partial charge >= 0.3 is 5.97 Å². The summed E-state index contributed by atoms with van der Waals surface area (Å²) >= 11 is 0. The van der Waals surface area contributed by atoms with Gasteiger partial charge in [-0.2, -0.15) is 0 Å². The summed E-state index contributed by atoms with van der Waals surface area (Å²) in [5, 5.41) is 3.36. The van der Waals surface area contributed by atoms with Gasteiger partial charge in [-0.25, -0.2) is 0 Å². The van der Waals surface area contributed by atoms with Gasteiger partial charge in [0, 0.05) is 18.9 Å². The predicted molar refractivity (Wildman–Crippen MR) is 71.1 cm³/mol. The fourth-order valence-electron chi connectivity index (χ4n) is 2.14. The summed E-state index contributed by atoms with van der Waals surface area (Å²) in [7, 11) is 0. The summed E-state index contributed by atoms with van der Waals surface area (Å²) < 4.78 is 6.78. The van der Waals surface area contributed by atoms with Gasteiger partial charge in [-0.15, -0.1) is 0 Å². The molecule has 1 aromatic rings. The van der Waals surface area contributed by atoms with Crippen molar-refractivity contribution in [1.29, 1.82) is 0 Å². The monoisotopic (exact) mass is 248 g/mol. The van der Waals surface area contributed by atoms with Crippen LogP contribution in [0.1, 0.15) is 25.3 Å². The zero-order valence-electron chi connectivity index (χ0n) is 10.8. The van der Waals surface area contributed by atoms with Crippen molar-refractivity contribution in [3.8, 4) is 0 Å². The van der Waals surface area contributed by atoms with E-state index in [4.69, 9.17) is 4.74 Å². The number of aromatic nitrogens is 1. The van der Waals surface area contributed by atoms with E-state index in [1.807, 2.05) is 30.0 Å². The van der Waals surface area contributed by atoms with Gasteiger partial charge in [0.15, 0.2) is 0 Å². The molecule has 0 unspecified atom stereocenters. The molecule has 0 radical (unpaired) electrons. The molecule has 0 atom stereocenters. The number of piperidine rings is 1. The quantitative estimate of drug-likeness (QED) is 0.827. The van der Waals surface area contributed by atoms with Crippen LogP contribution in [0.2, 0.25) is 0 Å². The number of carbonyl (C=O) groups excluding carboxylic acids is 1. The molecule has 1 aliphatic heterocycles. The summed E-state index contributed by atoms with van der Waals surface area (Å²) in [5.74, 6) is -0.188. The van der Waals surface area contributed by atoms with Gasteiger partial charge in [0.05, 0.1) is 6.61 Å². The second kappa shape index (κ2) is 6.40. The van der Waals surface area contributed by atoms with Crippen molar-refractivity contribution in [1.82, 2.24) is 9.88 Å². The minimum absolute atomic E-state index is 0.188. The zero-order valence-corrected chi connectivity index (χ0v) is 10.8. The first-order valence-corrected chi connectivity index (χ1v) is 6.49. The topological polar surface area (TPSA) is 43.3 Å². The lowest BCUT2D eigenvalue weighted by Gasteiger charge is -2.14. The number of ether oxygens (including phenoxy) is 1. The van der Waals surface area contributed by atoms with E-state index in [0.29, 0.717) is 6.61 Å². The second-order valence-electron chi connectivity index (χ2n) is 4.51. The molecule has 4 nitrogen and oxygen atoms in total. The maximum absolute atomic E-state index is 11.3. The largest absolute Gasteiger partial charge is 0.465 e. The number of nitrogens with zero attached hydrogens (tertiary/aromatic N) is 1. The van der Waals surface area contributed by atoms with Crippen LogP contribution in [-0.2, 0) is 16.1 Å². The maximum atomic E-state index is 11.3. The predicted octanol–water partition coefficient (Wildman–Crippen LogP) is 1.82. The average molecular weight is 248 g/mol. The Morgan fingerprint density at radius 1 is 1.61 bits per heavy atom. The third kappa shape index (κ3) is 3.74. The van der Waals surface area contributed by atoms with Crippen molar-refractivity contribution in [2.24, 2.45) is 0 Å². The van der Waals surface area contributed by atoms with Crippen LogP contribution in [0, 0.1) is 0 Å².